The lowest BCUT2D eigenvalue weighted by atomic mass is 9.88. The summed E-state index contributed by atoms with van der Waals surface area (Å²) >= 11 is 0. The van der Waals surface area contributed by atoms with Gasteiger partial charge in [0.2, 0.25) is 0 Å². The molecule has 21 heavy (non-hydrogen) atoms. The highest BCUT2D eigenvalue weighted by atomic mass is 16.5. The van der Waals surface area contributed by atoms with Gasteiger partial charge in [0.1, 0.15) is 0 Å². The number of carbonyl (C=O) groups excluding carboxylic acids is 1. The number of benzene rings is 1. The van der Waals surface area contributed by atoms with Gasteiger partial charge >= 0.3 is 6.03 Å². The molecule has 0 aromatic heterocycles. The number of aryl methyl sites for hydroxylation is 1. The zero-order valence-electron chi connectivity index (χ0n) is 13.0. The van der Waals surface area contributed by atoms with Crippen LogP contribution >= 0.6 is 0 Å². The first-order valence-electron chi connectivity index (χ1n) is 7.90. The van der Waals surface area contributed by atoms with Gasteiger partial charge in [0, 0.05) is 13.2 Å². The Morgan fingerprint density at radius 1 is 1.38 bits per heavy atom. The van der Waals surface area contributed by atoms with Crippen molar-refractivity contribution < 1.29 is 9.53 Å². The van der Waals surface area contributed by atoms with E-state index in [4.69, 9.17) is 4.74 Å². The second kappa shape index (κ2) is 8.03. The van der Waals surface area contributed by atoms with E-state index < -0.39 is 0 Å². The number of carbonyl (C=O) groups is 1. The minimum atomic E-state index is -0.0822. The normalized spacial score (nSPS) is 17.4. The number of rotatable bonds is 6. The highest BCUT2D eigenvalue weighted by Gasteiger charge is 2.20. The summed E-state index contributed by atoms with van der Waals surface area (Å²) in [6.45, 7) is 5.36. The SMILES string of the molecule is CC(C)OCCCNC(=O)N[C@H]1CCCc2ccccc21. The van der Waals surface area contributed by atoms with Crippen molar-refractivity contribution >= 4 is 6.03 Å². The summed E-state index contributed by atoms with van der Waals surface area (Å²) < 4.78 is 5.45. The lowest BCUT2D eigenvalue weighted by Crippen LogP contribution is -2.39. The summed E-state index contributed by atoms with van der Waals surface area (Å²) in [5.41, 5.74) is 2.63. The van der Waals surface area contributed by atoms with Crippen LogP contribution in [0.5, 0.6) is 0 Å². The van der Waals surface area contributed by atoms with E-state index in [2.05, 4.69) is 28.8 Å². The molecular weight excluding hydrogens is 264 g/mol. The largest absolute Gasteiger partial charge is 0.379 e. The molecule has 0 fully saturated rings. The van der Waals surface area contributed by atoms with Crippen LogP contribution in [0.1, 0.15) is 50.3 Å². The monoisotopic (exact) mass is 290 g/mol. The molecule has 1 aromatic rings. The molecule has 4 nitrogen and oxygen atoms in total. The van der Waals surface area contributed by atoms with Gasteiger partial charge < -0.3 is 15.4 Å². The van der Waals surface area contributed by atoms with E-state index in [0.717, 1.165) is 25.7 Å². The Labute approximate surface area is 127 Å². The maximum atomic E-state index is 12.0. The molecule has 0 saturated heterocycles. The van der Waals surface area contributed by atoms with Gasteiger partial charge in [0.25, 0.3) is 0 Å². The van der Waals surface area contributed by atoms with E-state index >= 15 is 0 Å². The third-order valence-electron chi connectivity index (χ3n) is 3.73. The van der Waals surface area contributed by atoms with Crippen LogP contribution in [0.25, 0.3) is 0 Å². The van der Waals surface area contributed by atoms with Crippen LogP contribution in [0.15, 0.2) is 24.3 Å². The Bertz CT molecular complexity index is 460. The van der Waals surface area contributed by atoms with Gasteiger partial charge in [-0.2, -0.15) is 0 Å². The zero-order chi connectivity index (χ0) is 15.1. The van der Waals surface area contributed by atoms with Gasteiger partial charge in [-0.05, 0) is 50.7 Å². The summed E-state index contributed by atoms with van der Waals surface area (Å²) in [4.78, 5) is 12.0. The van der Waals surface area contributed by atoms with Gasteiger partial charge in [-0.3, -0.25) is 0 Å². The molecule has 0 bridgehead atoms. The van der Waals surface area contributed by atoms with Crippen molar-refractivity contribution in [3.05, 3.63) is 35.4 Å². The lowest BCUT2D eigenvalue weighted by Gasteiger charge is -2.26. The summed E-state index contributed by atoms with van der Waals surface area (Å²) in [7, 11) is 0. The van der Waals surface area contributed by atoms with Crippen molar-refractivity contribution in [2.24, 2.45) is 0 Å². The van der Waals surface area contributed by atoms with E-state index in [1.165, 1.54) is 11.1 Å². The second-order valence-electron chi connectivity index (χ2n) is 5.82. The van der Waals surface area contributed by atoms with Gasteiger partial charge in [-0.1, -0.05) is 24.3 Å². The first kappa shape index (κ1) is 15.8. The Morgan fingerprint density at radius 2 is 2.19 bits per heavy atom. The van der Waals surface area contributed by atoms with Crippen LogP contribution in [0.4, 0.5) is 4.79 Å². The predicted octanol–water partition coefficient (Wildman–Crippen LogP) is 3.18. The average molecular weight is 290 g/mol. The molecule has 1 aliphatic carbocycles. The van der Waals surface area contributed by atoms with Gasteiger partial charge in [0.05, 0.1) is 12.1 Å². The van der Waals surface area contributed by atoms with Crippen LogP contribution in [0.3, 0.4) is 0 Å². The smallest absolute Gasteiger partial charge is 0.315 e. The number of urea groups is 1. The van der Waals surface area contributed by atoms with Gasteiger partial charge in [0.15, 0.2) is 0 Å². The van der Waals surface area contributed by atoms with Crippen molar-refractivity contribution in [2.75, 3.05) is 13.2 Å². The molecular formula is C17H26N2O2. The second-order valence-corrected chi connectivity index (χ2v) is 5.82. The Morgan fingerprint density at radius 3 is 3.00 bits per heavy atom. The van der Waals surface area contributed by atoms with Crippen LogP contribution < -0.4 is 10.6 Å². The van der Waals surface area contributed by atoms with E-state index in [-0.39, 0.29) is 18.2 Å². The van der Waals surface area contributed by atoms with Gasteiger partial charge in [-0.15, -0.1) is 0 Å². The Hall–Kier alpha value is -1.55. The van der Waals surface area contributed by atoms with Gasteiger partial charge in [-0.25, -0.2) is 4.79 Å². The first-order chi connectivity index (χ1) is 10.2. The molecule has 4 heteroatoms. The highest BCUT2D eigenvalue weighted by molar-refractivity contribution is 5.74. The number of ether oxygens (including phenoxy) is 1. The molecule has 2 N–H and O–H groups in total. The molecule has 0 saturated carbocycles. The van der Waals surface area contributed by atoms with E-state index in [9.17, 15) is 4.79 Å². The standard InChI is InChI=1S/C17H26N2O2/c1-13(2)21-12-6-11-18-17(20)19-16-10-5-8-14-7-3-4-9-15(14)16/h3-4,7,9,13,16H,5-6,8,10-12H2,1-2H3,(H2,18,19,20)/t16-/m0/s1. The number of fused-ring (bicyclic) bond motifs is 1. The third kappa shape index (κ3) is 5.05. The quantitative estimate of drug-likeness (QED) is 0.791. The Balaban J connectivity index is 1.74. The van der Waals surface area contributed by atoms with Crippen molar-refractivity contribution in [3.63, 3.8) is 0 Å². The van der Waals surface area contributed by atoms with Crippen molar-refractivity contribution in [1.29, 1.82) is 0 Å². The molecule has 1 atom stereocenters. The maximum Gasteiger partial charge on any atom is 0.315 e. The minimum Gasteiger partial charge on any atom is -0.379 e. The fourth-order valence-corrected chi connectivity index (χ4v) is 2.71. The molecule has 0 heterocycles. The zero-order valence-corrected chi connectivity index (χ0v) is 13.0. The van der Waals surface area contributed by atoms with E-state index in [1.54, 1.807) is 0 Å². The summed E-state index contributed by atoms with van der Waals surface area (Å²) in [5, 5.41) is 5.99. The molecule has 0 aliphatic heterocycles. The highest BCUT2D eigenvalue weighted by Crippen LogP contribution is 2.29. The third-order valence-corrected chi connectivity index (χ3v) is 3.73. The van der Waals surface area contributed by atoms with Crippen LogP contribution in [-0.4, -0.2) is 25.3 Å². The van der Waals surface area contributed by atoms with Crippen LogP contribution in [0.2, 0.25) is 0 Å². The number of nitrogens with one attached hydrogen (secondary N) is 2. The molecule has 0 spiro atoms. The molecule has 0 unspecified atom stereocenters. The fourth-order valence-electron chi connectivity index (χ4n) is 2.71. The molecule has 0 radical (unpaired) electrons. The fraction of sp³-hybridized carbons (Fsp3) is 0.588. The summed E-state index contributed by atoms with van der Waals surface area (Å²) in [5.74, 6) is 0. The first-order valence-corrected chi connectivity index (χ1v) is 7.90. The topological polar surface area (TPSA) is 50.4 Å². The van der Waals surface area contributed by atoms with Crippen molar-refractivity contribution in [1.82, 2.24) is 10.6 Å². The van der Waals surface area contributed by atoms with Crippen molar-refractivity contribution in [2.45, 2.75) is 51.7 Å². The number of hydrogen-bond acceptors (Lipinski definition) is 2. The molecule has 1 aliphatic rings. The number of hydrogen-bond donors (Lipinski definition) is 2. The summed E-state index contributed by atoms with van der Waals surface area (Å²) in [6, 6.07) is 8.44. The molecule has 116 valence electrons. The van der Waals surface area contributed by atoms with Crippen molar-refractivity contribution in [3.8, 4) is 0 Å². The Kier molecular flexibility index (Phi) is 6.05. The molecule has 2 rings (SSSR count). The van der Waals surface area contributed by atoms with Crippen LogP contribution in [0, 0.1) is 0 Å². The van der Waals surface area contributed by atoms with E-state index in [0.29, 0.717) is 13.2 Å². The predicted molar refractivity (Wildman–Crippen MR) is 84.4 cm³/mol. The summed E-state index contributed by atoms with van der Waals surface area (Å²) in [6.07, 6.45) is 4.35. The number of amides is 2. The lowest BCUT2D eigenvalue weighted by molar-refractivity contribution is 0.0774. The molecule has 1 aromatic carbocycles. The molecule has 2 amide bonds. The van der Waals surface area contributed by atoms with E-state index in [1.807, 2.05) is 19.9 Å². The maximum absolute atomic E-state index is 12.0. The van der Waals surface area contributed by atoms with Crippen LogP contribution in [-0.2, 0) is 11.2 Å². The average Bonchev–Trinajstić information content (AvgIpc) is 2.47. The minimum absolute atomic E-state index is 0.0822.